The fourth-order valence-electron chi connectivity index (χ4n) is 6.32. The average molecular weight is 684 g/mol. The molecule has 52 heavy (non-hydrogen) atoms. The molecule has 0 saturated heterocycles. The first kappa shape index (κ1) is 39.4. The molecule has 0 saturated carbocycles. The Kier molecular flexibility index (Phi) is 15.5. The van der Waals surface area contributed by atoms with Gasteiger partial charge in [0.2, 0.25) is 0 Å². The van der Waals surface area contributed by atoms with Crippen LogP contribution in [0.15, 0.2) is 164 Å². The number of para-hydroxylation sites is 1. The van der Waals surface area contributed by atoms with Gasteiger partial charge in [-0.15, -0.1) is 0 Å². The lowest BCUT2D eigenvalue weighted by Gasteiger charge is -2.22. The molecule has 0 radical (unpaired) electrons. The van der Waals surface area contributed by atoms with Crippen LogP contribution in [0, 0.1) is 20.8 Å². The van der Waals surface area contributed by atoms with E-state index < -0.39 is 0 Å². The third-order valence-corrected chi connectivity index (χ3v) is 9.11. The van der Waals surface area contributed by atoms with Crippen molar-refractivity contribution in [2.75, 3.05) is 11.9 Å². The van der Waals surface area contributed by atoms with Crippen molar-refractivity contribution in [3.05, 3.63) is 192 Å². The molecule has 0 aromatic heterocycles. The summed E-state index contributed by atoms with van der Waals surface area (Å²) >= 11 is 0. The van der Waals surface area contributed by atoms with Gasteiger partial charge in [-0.1, -0.05) is 179 Å². The van der Waals surface area contributed by atoms with Crippen LogP contribution >= 0.6 is 0 Å². The maximum Gasteiger partial charge on any atom is 0.0408 e. The summed E-state index contributed by atoms with van der Waals surface area (Å²) in [6.45, 7) is 14.8. The maximum absolute atomic E-state index is 2.33. The smallest absolute Gasteiger partial charge is 0.0408 e. The molecule has 0 spiro atoms. The Morgan fingerprint density at radius 3 is 1.50 bits per heavy atom. The molecule has 1 nitrogen and oxygen atoms in total. The Hall–Kier alpha value is -5.40. The second-order valence-corrected chi connectivity index (χ2v) is 13.1. The third kappa shape index (κ3) is 10.6. The van der Waals surface area contributed by atoms with Gasteiger partial charge in [-0.25, -0.2) is 0 Å². The normalized spacial score (nSPS) is 11.6. The summed E-state index contributed by atoms with van der Waals surface area (Å²) in [7, 11) is 2.12. The van der Waals surface area contributed by atoms with Gasteiger partial charge in [0, 0.05) is 18.4 Å². The molecule has 266 valence electrons. The van der Waals surface area contributed by atoms with E-state index in [1.807, 2.05) is 19.9 Å². The van der Waals surface area contributed by atoms with Crippen molar-refractivity contribution in [1.29, 1.82) is 0 Å². The van der Waals surface area contributed by atoms with Crippen LogP contribution in [0.2, 0.25) is 0 Å². The van der Waals surface area contributed by atoms with Crippen molar-refractivity contribution in [2.45, 2.75) is 67.7 Å². The lowest BCUT2D eigenvalue weighted by Crippen LogP contribution is -2.08. The average Bonchev–Trinajstić information content (AvgIpc) is 3.20. The first-order chi connectivity index (χ1) is 25.4. The summed E-state index contributed by atoms with van der Waals surface area (Å²) in [5, 5.41) is 0. The molecular formula is C51H57N. The van der Waals surface area contributed by atoms with Crippen molar-refractivity contribution >= 4 is 22.5 Å². The van der Waals surface area contributed by atoms with Gasteiger partial charge in [-0.05, 0) is 114 Å². The van der Waals surface area contributed by atoms with Crippen LogP contribution in [0.3, 0.4) is 0 Å². The molecule has 1 aliphatic carbocycles. The van der Waals surface area contributed by atoms with Gasteiger partial charge in [0.25, 0.3) is 0 Å². The largest absolute Gasteiger partial charge is 0.345 e. The Morgan fingerprint density at radius 1 is 0.442 bits per heavy atom. The van der Waals surface area contributed by atoms with Gasteiger partial charge in [-0.3, -0.25) is 0 Å². The van der Waals surface area contributed by atoms with Gasteiger partial charge in [0.15, 0.2) is 0 Å². The SMILES string of the molecule is CC.CCC.Cc1ccc(-c2ccccc2)cc1.Cc1ccccc1-c1c(C)cccc1C1=CC=C(c2ccc(N(C)c3ccccc3)cc2)CC1. The molecule has 1 aliphatic rings. The predicted octanol–water partition coefficient (Wildman–Crippen LogP) is 15.1. The van der Waals surface area contributed by atoms with E-state index in [1.54, 1.807) is 0 Å². The van der Waals surface area contributed by atoms with Crippen molar-refractivity contribution in [3.63, 3.8) is 0 Å². The van der Waals surface area contributed by atoms with E-state index in [0.717, 1.165) is 12.8 Å². The predicted molar refractivity (Wildman–Crippen MR) is 231 cm³/mol. The molecule has 0 aliphatic heterocycles. The Bertz CT molecular complexity index is 2000. The summed E-state index contributed by atoms with van der Waals surface area (Å²) in [5.74, 6) is 0. The molecule has 0 atom stereocenters. The number of hydrogen-bond acceptors (Lipinski definition) is 1. The van der Waals surface area contributed by atoms with Crippen LogP contribution in [-0.4, -0.2) is 7.05 Å². The van der Waals surface area contributed by atoms with Crippen molar-refractivity contribution in [1.82, 2.24) is 0 Å². The summed E-state index contributed by atoms with van der Waals surface area (Å²) < 4.78 is 0. The van der Waals surface area contributed by atoms with Crippen LogP contribution in [-0.2, 0) is 0 Å². The van der Waals surface area contributed by atoms with Crippen molar-refractivity contribution < 1.29 is 0 Å². The van der Waals surface area contributed by atoms with Crippen LogP contribution in [0.5, 0.6) is 0 Å². The Labute approximate surface area is 315 Å². The lowest BCUT2D eigenvalue weighted by atomic mass is 9.84. The fourth-order valence-corrected chi connectivity index (χ4v) is 6.32. The number of benzene rings is 6. The number of anilines is 2. The van der Waals surface area contributed by atoms with Gasteiger partial charge >= 0.3 is 0 Å². The van der Waals surface area contributed by atoms with Gasteiger partial charge < -0.3 is 4.90 Å². The molecular weight excluding hydrogens is 627 g/mol. The molecule has 0 bridgehead atoms. The zero-order valence-electron chi connectivity index (χ0n) is 32.7. The first-order valence-corrected chi connectivity index (χ1v) is 19.0. The van der Waals surface area contributed by atoms with Crippen LogP contribution < -0.4 is 4.90 Å². The van der Waals surface area contributed by atoms with Crippen molar-refractivity contribution in [2.24, 2.45) is 0 Å². The zero-order valence-corrected chi connectivity index (χ0v) is 32.7. The molecule has 0 fully saturated rings. The summed E-state index contributed by atoms with van der Waals surface area (Å²) in [6.07, 6.45) is 8.01. The van der Waals surface area contributed by atoms with E-state index in [9.17, 15) is 0 Å². The summed E-state index contributed by atoms with van der Waals surface area (Å²) in [6, 6.07) is 53.9. The number of nitrogens with zero attached hydrogens (tertiary/aromatic N) is 1. The van der Waals surface area contributed by atoms with Gasteiger partial charge in [0.05, 0.1) is 0 Å². The van der Waals surface area contributed by atoms with E-state index >= 15 is 0 Å². The molecule has 0 N–H and O–H groups in total. The molecule has 0 amide bonds. The minimum Gasteiger partial charge on any atom is -0.345 e. The molecule has 7 rings (SSSR count). The standard InChI is InChI=1S/C33H31N.C13H12.C3H8.C2H6/c1-24-10-7-8-14-31(24)33-25(2)11-9-15-32(33)28-18-16-26(17-19-28)27-20-22-30(23-21-27)34(3)29-12-5-4-6-13-29;1-11-7-9-13(10-8-11)12-5-3-2-4-6-12;1-3-2;1-2/h4-16,18,20-23H,17,19H2,1-3H3;2-10H,1H3;3H2,1-2H3;1-2H3. The highest BCUT2D eigenvalue weighted by Gasteiger charge is 2.16. The molecule has 0 unspecified atom stereocenters. The topological polar surface area (TPSA) is 3.24 Å². The van der Waals surface area contributed by atoms with Crippen LogP contribution in [0.4, 0.5) is 11.4 Å². The highest BCUT2D eigenvalue weighted by Crippen LogP contribution is 2.39. The molecule has 0 heterocycles. The number of aryl methyl sites for hydroxylation is 3. The lowest BCUT2D eigenvalue weighted by molar-refractivity contribution is 1.07. The second kappa shape index (κ2) is 20.4. The van der Waals surface area contributed by atoms with Crippen molar-refractivity contribution in [3.8, 4) is 22.3 Å². The van der Waals surface area contributed by atoms with Gasteiger partial charge in [0.1, 0.15) is 0 Å². The minimum absolute atomic E-state index is 1.06. The van der Waals surface area contributed by atoms with Crippen LogP contribution in [0.25, 0.3) is 33.4 Å². The van der Waals surface area contributed by atoms with E-state index in [0.29, 0.717) is 0 Å². The highest BCUT2D eigenvalue weighted by atomic mass is 15.1. The second-order valence-electron chi connectivity index (χ2n) is 13.1. The van der Waals surface area contributed by atoms with E-state index in [-0.39, 0.29) is 0 Å². The maximum atomic E-state index is 2.33. The number of hydrogen-bond donors (Lipinski definition) is 0. The first-order valence-electron chi connectivity index (χ1n) is 19.0. The number of rotatable bonds is 6. The van der Waals surface area contributed by atoms with E-state index in [2.05, 4.69) is 204 Å². The molecule has 6 aromatic carbocycles. The fraction of sp³-hybridized carbons (Fsp3) is 0.216. The Morgan fingerprint density at radius 2 is 0.904 bits per heavy atom. The number of allylic oxidation sites excluding steroid dienone is 4. The summed E-state index contributed by atoms with van der Waals surface area (Å²) in [4.78, 5) is 2.22. The highest BCUT2D eigenvalue weighted by molar-refractivity contribution is 5.88. The quantitative estimate of drug-likeness (QED) is 0.169. The summed E-state index contributed by atoms with van der Waals surface area (Å²) in [5.41, 5.74) is 17.1. The zero-order chi connectivity index (χ0) is 37.3. The molecule has 6 aromatic rings. The molecule has 1 heteroatoms. The third-order valence-electron chi connectivity index (χ3n) is 9.11. The van der Waals surface area contributed by atoms with Crippen LogP contribution in [0.1, 0.15) is 74.8 Å². The Balaban J connectivity index is 0.000000278. The van der Waals surface area contributed by atoms with E-state index in [1.165, 1.54) is 79.0 Å². The van der Waals surface area contributed by atoms with Gasteiger partial charge in [-0.2, -0.15) is 0 Å². The monoisotopic (exact) mass is 683 g/mol. The van der Waals surface area contributed by atoms with E-state index in [4.69, 9.17) is 0 Å². The minimum atomic E-state index is 1.06.